The lowest BCUT2D eigenvalue weighted by Crippen LogP contribution is -2.13. The minimum Gasteiger partial charge on any atom is -0.497 e. The summed E-state index contributed by atoms with van der Waals surface area (Å²) in [5, 5.41) is 22.4. The number of aliphatic hydroxyl groups excluding tert-OH is 1. The number of benzene rings is 2. The van der Waals surface area contributed by atoms with Gasteiger partial charge in [0.2, 0.25) is 0 Å². The van der Waals surface area contributed by atoms with Crippen molar-refractivity contribution in [2.75, 3.05) is 19.0 Å². The van der Waals surface area contributed by atoms with E-state index in [-0.39, 0.29) is 6.42 Å². The van der Waals surface area contributed by atoms with E-state index in [9.17, 15) is 10.2 Å². The topological polar surface area (TPSA) is 100 Å². The van der Waals surface area contributed by atoms with Crippen LogP contribution < -0.4 is 10.1 Å². The van der Waals surface area contributed by atoms with Gasteiger partial charge in [-0.25, -0.2) is 9.97 Å². The predicted octanol–water partition coefficient (Wildman–Crippen LogP) is 3.48. The summed E-state index contributed by atoms with van der Waals surface area (Å²) in [6, 6.07) is 17.6. The number of anilines is 1. The maximum atomic E-state index is 9.18. The van der Waals surface area contributed by atoms with Crippen molar-refractivity contribution in [2.24, 2.45) is 0 Å². The van der Waals surface area contributed by atoms with Crippen molar-refractivity contribution in [3.05, 3.63) is 67.0 Å². The lowest BCUT2D eigenvalue weighted by Gasteiger charge is -2.13. The molecule has 0 unspecified atom stereocenters. The number of aromatic nitrogens is 3. The van der Waals surface area contributed by atoms with Crippen molar-refractivity contribution in [2.45, 2.75) is 12.7 Å². The first kappa shape index (κ1) is 19.8. The predicted molar refractivity (Wildman–Crippen MR) is 116 cm³/mol. The fourth-order valence-electron chi connectivity index (χ4n) is 3.19. The van der Waals surface area contributed by atoms with Gasteiger partial charge in [-0.3, -0.25) is 4.98 Å². The molecule has 0 amide bonds. The second-order valence-electron chi connectivity index (χ2n) is 6.80. The molecule has 0 aliphatic rings. The first-order chi connectivity index (χ1) is 14.6. The molecule has 0 aliphatic heterocycles. The molecule has 0 fully saturated rings. The number of nitrogens with one attached hydrogen (secondary N) is 1. The van der Waals surface area contributed by atoms with E-state index in [4.69, 9.17) is 9.72 Å². The first-order valence-corrected chi connectivity index (χ1v) is 9.60. The molecular formula is C23H22N4O3. The van der Waals surface area contributed by atoms with Gasteiger partial charge in [0.25, 0.3) is 0 Å². The average molecular weight is 402 g/mol. The van der Waals surface area contributed by atoms with Crippen molar-refractivity contribution < 1.29 is 14.9 Å². The minimum atomic E-state index is -1.38. The summed E-state index contributed by atoms with van der Waals surface area (Å²) >= 11 is 0. The molecule has 4 rings (SSSR count). The number of hydrogen-bond donors (Lipinski definition) is 3. The number of fused-ring (bicyclic) bond motifs is 1. The SMILES string of the molecule is COc1cccc(-c2ccc3nc(-c4cccnc4)nc(NCCC(O)O)c3c2)c1. The van der Waals surface area contributed by atoms with Crippen LogP contribution in [0.25, 0.3) is 33.4 Å². The van der Waals surface area contributed by atoms with Gasteiger partial charge in [-0.15, -0.1) is 0 Å². The van der Waals surface area contributed by atoms with Gasteiger partial charge in [0.05, 0.1) is 12.6 Å². The third-order valence-corrected chi connectivity index (χ3v) is 4.71. The monoisotopic (exact) mass is 402 g/mol. The molecule has 0 spiro atoms. The Hall–Kier alpha value is -3.55. The number of rotatable bonds is 7. The van der Waals surface area contributed by atoms with E-state index in [1.54, 1.807) is 19.5 Å². The quantitative estimate of drug-likeness (QED) is 0.407. The molecule has 7 heteroatoms. The Labute approximate surface area is 174 Å². The molecular weight excluding hydrogens is 380 g/mol. The average Bonchev–Trinajstić information content (AvgIpc) is 2.79. The summed E-state index contributed by atoms with van der Waals surface area (Å²) in [5.41, 5.74) is 3.61. The summed E-state index contributed by atoms with van der Waals surface area (Å²) in [6.45, 7) is 0.361. The fourth-order valence-corrected chi connectivity index (χ4v) is 3.19. The highest BCUT2D eigenvalue weighted by atomic mass is 16.5. The molecule has 0 bridgehead atoms. The van der Waals surface area contributed by atoms with Crippen molar-refractivity contribution >= 4 is 16.7 Å². The molecule has 0 aliphatic carbocycles. The Bertz CT molecular complexity index is 1150. The fraction of sp³-hybridized carbons (Fsp3) is 0.174. The van der Waals surface area contributed by atoms with E-state index in [1.165, 1.54) is 0 Å². The van der Waals surface area contributed by atoms with Gasteiger partial charge in [0.1, 0.15) is 11.6 Å². The molecule has 4 aromatic rings. The minimum absolute atomic E-state index is 0.184. The van der Waals surface area contributed by atoms with Gasteiger partial charge in [0.15, 0.2) is 12.1 Å². The Morgan fingerprint density at radius 3 is 2.57 bits per heavy atom. The van der Waals surface area contributed by atoms with Crippen LogP contribution in [0.2, 0.25) is 0 Å². The molecule has 152 valence electrons. The van der Waals surface area contributed by atoms with Crippen LogP contribution in [0.3, 0.4) is 0 Å². The first-order valence-electron chi connectivity index (χ1n) is 9.60. The van der Waals surface area contributed by atoms with E-state index in [2.05, 4.69) is 15.3 Å². The van der Waals surface area contributed by atoms with Gasteiger partial charge < -0.3 is 20.3 Å². The third-order valence-electron chi connectivity index (χ3n) is 4.71. The number of aliphatic hydroxyl groups is 2. The highest BCUT2D eigenvalue weighted by molar-refractivity contribution is 5.94. The molecule has 0 saturated carbocycles. The van der Waals surface area contributed by atoms with Crippen LogP contribution in [0.5, 0.6) is 5.75 Å². The van der Waals surface area contributed by atoms with E-state index < -0.39 is 6.29 Å². The number of ether oxygens (including phenoxy) is 1. The summed E-state index contributed by atoms with van der Waals surface area (Å²) < 4.78 is 5.34. The Kier molecular flexibility index (Phi) is 5.83. The van der Waals surface area contributed by atoms with Gasteiger partial charge >= 0.3 is 0 Å². The number of hydrogen-bond acceptors (Lipinski definition) is 7. The smallest absolute Gasteiger partial charge is 0.163 e. The summed E-state index contributed by atoms with van der Waals surface area (Å²) in [7, 11) is 1.64. The van der Waals surface area contributed by atoms with Crippen molar-refractivity contribution in [3.63, 3.8) is 0 Å². The normalized spacial score (nSPS) is 11.1. The highest BCUT2D eigenvalue weighted by Gasteiger charge is 2.12. The number of pyridine rings is 1. The maximum absolute atomic E-state index is 9.18. The molecule has 3 N–H and O–H groups in total. The van der Waals surface area contributed by atoms with Crippen LogP contribution in [-0.4, -0.2) is 45.1 Å². The molecule has 30 heavy (non-hydrogen) atoms. The zero-order valence-corrected chi connectivity index (χ0v) is 16.5. The molecule has 7 nitrogen and oxygen atoms in total. The van der Waals surface area contributed by atoms with Gasteiger partial charge in [-0.1, -0.05) is 18.2 Å². The molecule has 2 heterocycles. The van der Waals surface area contributed by atoms with Gasteiger partial charge in [-0.2, -0.15) is 0 Å². The lowest BCUT2D eigenvalue weighted by molar-refractivity contribution is -0.0423. The van der Waals surface area contributed by atoms with E-state index in [1.807, 2.05) is 54.6 Å². The zero-order chi connectivity index (χ0) is 20.9. The standard InChI is InChI=1S/C23H22N4O3/c1-30-18-6-2-4-15(12-18)16-7-8-20-19(13-16)23(25-11-9-21(28)29)27-22(26-20)17-5-3-10-24-14-17/h2-8,10,12-14,21,28-29H,9,11H2,1H3,(H,25,26,27). The molecule has 0 radical (unpaired) electrons. The van der Waals surface area contributed by atoms with Crippen molar-refractivity contribution in [3.8, 4) is 28.3 Å². The molecule has 0 atom stereocenters. The Morgan fingerprint density at radius 2 is 1.80 bits per heavy atom. The second kappa shape index (κ2) is 8.86. The summed E-state index contributed by atoms with van der Waals surface area (Å²) in [4.78, 5) is 13.5. The van der Waals surface area contributed by atoms with Crippen LogP contribution >= 0.6 is 0 Å². The number of nitrogens with zero attached hydrogens (tertiary/aromatic N) is 3. The van der Waals surface area contributed by atoms with Crippen LogP contribution in [0.15, 0.2) is 67.0 Å². The van der Waals surface area contributed by atoms with E-state index in [0.29, 0.717) is 18.2 Å². The largest absolute Gasteiger partial charge is 0.497 e. The summed E-state index contributed by atoms with van der Waals surface area (Å²) in [5.74, 6) is 1.96. The molecule has 2 aromatic heterocycles. The Morgan fingerprint density at radius 1 is 0.967 bits per heavy atom. The van der Waals surface area contributed by atoms with Crippen molar-refractivity contribution in [1.29, 1.82) is 0 Å². The molecule has 2 aromatic carbocycles. The van der Waals surface area contributed by atoms with E-state index in [0.717, 1.165) is 33.3 Å². The van der Waals surface area contributed by atoms with Crippen molar-refractivity contribution in [1.82, 2.24) is 15.0 Å². The van der Waals surface area contributed by atoms with Gasteiger partial charge in [0, 0.05) is 36.3 Å². The lowest BCUT2D eigenvalue weighted by atomic mass is 10.0. The van der Waals surface area contributed by atoms with Gasteiger partial charge in [-0.05, 0) is 47.5 Å². The van der Waals surface area contributed by atoms with Crippen LogP contribution in [0, 0.1) is 0 Å². The zero-order valence-electron chi connectivity index (χ0n) is 16.5. The van der Waals surface area contributed by atoms with E-state index >= 15 is 0 Å². The second-order valence-corrected chi connectivity index (χ2v) is 6.80. The third kappa shape index (κ3) is 4.37. The van der Waals surface area contributed by atoms with Crippen LogP contribution in [0.1, 0.15) is 6.42 Å². The Balaban J connectivity index is 1.80. The van der Waals surface area contributed by atoms with Crippen LogP contribution in [-0.2, 0) is 0 Å². The number of methoxy groups -OCH3 is 1. The maximum Gasteiger partial charge on any atom is 0.163 e. The molecule has 0 saturated heterocycles. The highest BCUT2D eigenvalue weighted by Crippen LogP contribution is 2.31. The van der Waals surface area contributed by atoms with Crippen LogP contribution in [0.4, 0.5) is 5.82 Å². The summed E-state index contributed by atoms with van der Waals surface area (Å²) in [6.07, 6.45) is 2.22.